The molecule has 0 aliphatic heterocycles. The molecule has 8 aromatic rings. The summed E-state index contributed by atoms with van der Waals surface area (Å²) in [4.78, 5) is 10.3. The number of rotatable bonds is 3. The van der Waals surface area contributed by atoms with Crippen molar-refractivity contribution >= 4 is 37.2 Å². The Morgan fingerprint density at radius 1 is 0.628 bits per heavy atom. The lowest BCUT2D eigenvalue weighted by molar-refractivity contribution is 0.660. The molecule has 3 aromatic heterocycles. The Kier molecular flexibility index (Phi) is 5.12. The molecule has 0 saturated heterocycles. The lowest BCUT2D eigenvalue weighted by atomic mass is 9.82. The fraction of sp³-hybridized carbons (Fsp3) is 0.0769. The molecule has 4 heteroatoms. The van der Waals surface area contributed by atoms with E-state index in [1.807, 2.05) is 17.5 Å². The van der Waals surface area contributed by atoms with Gasteiger partial charge in [-0.3, -0.25) is 4.40 Å². The molecule has 9 rings (SSSR count). The van der Waals surface area contributed by atoms with Gasteiger partial charge in [-0.1, -0.05) is 111 Å². The highest BCUT2D eigenvalue weighted by atomic mass is 32.1. The molecule has 0 radical (unpaired) electrons. The first-order valence-corrected chi connectivity index (χ1v) is 15.5. The van der Waals surface area contributed by atoms with Gasteiger partial charge in [0.2, 0.25) is 0 Å². The van der Waals surface area contributed by atoms with Gasteiger partial charge in [0.1, 0.15) is 5.69 Å². The highest BCUT2D eigenvalue weighted by Crippen LogP contribution is 2.49. The van der Waals surface area contributed by atoms with E-state index in [4.69, 9.17) is 9.97 Å². The predicted molar refractivity (Wildman–Crippen MR) is 180 cm³/mol. The molecule has 1 aliphatic carbocycles. The van der Waals surface area contributed by atoms with Crippen LogP contribution < -0.4 is 0 Å². The number of thiophene rings is 1. The lowest BCUT2D eigenvalue weighted by Gasteiger charge is -2.22. The van der Waals surface area contributed by atoms with Crippen LogP contribution in [0.5, 0.6) is 0 Å². The van der Waals surface area contributed by atoms with Crippen molar-refractivity contribution in [3.63, 3.8) is 0 Å². The van der Waals surface area contributed by atoms with Gasteiger partial charge in [-0.25, -0.2) is 9.97 Å². The average Bonchev–Trinajstić information content (AvgIpc) is 3.71. The van der Waals surface area contributed by atoms with Crippen LogP contribution in [0.25, 0.3) is 70.7 Å². The Bertz CT molecular complexity index is 2380. The number of benzene rings is 5. The number of imidazole rings is 1. The molecule has 0 atom stereocenters. The largest absolute Gasteiger partial charge is 0.296 e. The average molecular weight is 570 g/mol. The van der Waals surface area contributed by atoms with Gasteiger partial charge in [-0.05, 0) is 40.5 Å². The van der Waals surface area contributed by atoms with Gasteiger partial charge in [0.15, 0.2) is 5.65 Å². The maximum atomic E-state index is 5.35. The van der Waals surface area contributed by atoms with E-state index >= 15 is 0 Å². The molecule has 3 heterocycles. The Balaban J connectivity index is 1.28. The van der Waals surface area contributed by atoms with Gasteiger partial charge >= 0.3 is 0 Å². The topological polar surface area (TPSA) is 30.2 Å². The molecule has 204 valence electrons. The first-order chi connectivity index (χ1) is 21.1. The van der Waals surface area contributed by atoms with Gasteiger partial charge in [-0.15, -0.1) is 11.3 Å². The second-order valence-electron chi connectivity index (χ2n) is 11.9. The van der Waals surface area contributed by atoms with Gasteiger partial charge in [-0.2, -0.15) is 0 Å². The molecule has 0 spiro atoms. The summed E-state index contributed by atoms with van der Waals surface area (Å²) in [7, 11) is 0. The van der Waals surface area contributed by atoms with E-state index in [1.54, 1.807) is 0 Å². The molecule has 1 aliphatic rings. The Labute approximate surface area is 253 Å². The highest BCUT2D eigenvalue weighted by molar-refractivity contribution is 7.25. The number of fused-ring (bicyclic) bond motifs is 7. The summed E-state index contributed by atoms with van der Waals surface area (Å²) in [5, 5.41) is 2.58. The van der Waals surface area contributed by atoms with E-state index < -0.39 is 0 Å². The normalized spacial score (nSPS) is 13.5. The summed E-state index contributed by atoms with van der Waals surface area (Å²) in [6.07, 6.45) is 4.13. The van der Waals surface area contributed by atoms with Crippen molar-refractivity contribution in [1.82, 2.24) is 14.4 Å². The third-order valence-corrected chi connectivity index (χ3v) is 10.2. The fourth-order valence-electron chi connectivity index (χ4n) is 6.88. The number of hydrogen-bond donors (Lipinski definition) is 0. The Morgan fingerprint density at radius 2 is 1.37 bits per heavy atom. The smallest absolute Gasteiger partial charge is 0.164 e. The maximum absolute atomic E-state index is 5.35. The van der Waals surface area contributed by atoms with E-state index in [0.717, 1.165) is 39.4 Å². The first-order valence-electron chi connectivity index (χ1n) is 14.7. The minimum absolute atomic E-state index is 0.0781. The molecular formula is C39H27N3S. The van der Waals surface area contributed by atoms with Crippen LogP contribution in [-0.4, -0.2) is 14.4 Å². The van der Waals surface area contributed by atoms with Crippen molar-refractivity contribution in [3.8, 4) is 44.9 Å². The van der Waals surface area contributed by atoms with E-state index in [2.05, 4.69) is 140 Å². The third-order valence-electron chi connectivity index (χ3n) is 9.09. The zero-order valence-corrected chi connectivity index (χ0v) is 24.7. The van der Waals surface area contributed by atoms with Crippen LogP contribution in [0, 0.1) is 0 Å². The predicted octanol–water partition coefficient (Wildman–Crippen LogP) is 10.4. The van der Waals surface area contributed by atoms with E-state index in [0.29, 0.717) is 0 Å². The van der Waals surface area contributed by atoms with Crippen LogP contribution in [0.3, 0.4) is 0 Å². The summed E-state index contributed by atoms with van der Waals surface area (Å²) in [6.45, 7) is 4.65. The standard InChI is InChI=1S/C39H27N3S/c1-39(2)31-14-8-6-12-27(31)28-18-16-25(20-32(28)39)33-23-42-34(24-10-4-3-5-11-24)22-40-38(42)37(41-33)26-17-19-30-29-13-7-9-15-35(29)43-36(30)21-26/h3-23H,1-2H3. The van der Waals surface area contributed by atoms with Crippen LogP contribution in [0.1, 0.15) is 25.0 Å². The van der Waals surface area contributed by atoms with Crippen molar-refractivity contribution < 1.29 is 0 Å². The molecule has 5 aromatic carbocycles. The van der Waals surface area contributed by atoms with Crippen LogP contribution in [-0.2, 0) is 5.41 Å². The van der Waals surface area contributed by atoms with Crippen molar-refractivity contribution in [2.24, 2.45) is 0 Å². The molecule has 0 N–H and O–H groups in total. The highest BCUT2D eigenvalue weighted by Gasteiger charge is 2.35. The van der Waals surface area contributed by atoms with Crippen molar-refractivity contribution in [2.75, 3.05) is 0 Å². The summed E-state index contributed by atoms with van der Waals surface area (Å²) < 4.78 is 4.78. The maximum Gasteiger partial charge on any atom is 0.164 e. The number of hydrogen-bond acceptors (Lipinski definition) is 3. The minimum atomic E-state index is -0.0781. The van der Waals surface area contributed by atoms with Crippen LogP contribution in [0.2, 0.25) is 0 Å². The Hall–Kier alpha value is -5.06. The molecule has 3 nitrogen and oxygen atoms in total. The lowest BCUT2D eigenvalue weighted by Crippen LogP contribution is -2.15. The van der Waals surface area contributed by atoms with E-state index in [9.17, 15) is 0 Å². The van der Waals surface area contributed by atoms with Crippen LogP contribution >= 0.6 is 11.3 Å². The molecular weight excluding hydrogens is 543 g/mol. The van der Waals surface area contributed by atoms with Gasteiger partial charge in [0.25, 0.3) is 0 Å². The number of aromatic nitrogens is 3. The molecule has 43 heavy (non-hydrogen) atoms. The molecule has 0 bridgehead atoms. The molecule has 0 amide bonds. The zero-order chi connectivity index (χ0) is 28.7. The van der Waals surface area contributed by atoms with Crippen LogP contribution in [0.15, 0.2) is 128 Å². The van der Waals surface area contributed by atoms with Gasteiger partial charge in [0, 0.05) is 48.5 Å². The van der Waals surface area contributed by atoms with Crippen molar-refractivity contribution in [1.29, 1.82) is 0 Å². The first kappa shape index (κ1) is 24.5. The summed E-state index contributed by atoms with van der Waals surface area (Å²) in [5.74, 6) is 0. The van der Waals surface area contributed by atoms with Crippen LogP contribution in [0.4, 0.5) is 0 Å². The Morgan fingerprint density at radius 3 is 2.28 bits per heavy atom. The van der Waals surface area contributed by atoms with Gasteiger partial charge < -0.3 is 0 Å². The second kappa shape index (κ2) is 8.97. The van der Waals surface area contributed by atoms with Crippen molar-refractivity contribution in [2.45, 2.75) is 19.3 Å². The fourth-order valence-corrected chi connectivity index (χ4v) is 8.03. The summed E-state index contributed by atoms with van der Waals surface area (Å²) >= 11 is 1.83. The van der Waals surface area contributed by atoms with Crippen molar-refractivity contribution in [3.05, 3.63) is 139 Å². The molecule has 0 fully saturated rings. The van der Waals surface area contributed by atoms with E-state index in [-0.39, 0.29) is 5.41 Å². The third kappa shape index (κ3) is 3.60. The molecule has 0 saturated carbocycles. The quantitative estimate of drug-likeness (QED) is 0.212. The second-order valence-corrected chi connectivity index (χ2v) is 13.0. The molecule has 0 unspecified atom stereocenters. The summed E-state index contributed by atoms with van der Waals surface area (Å²) in [5.41, 5.74) is 12.3. The minimum Gasteiger partial charge on any atom is -0.296 e. The van der Waals surface area contributed by atoms with Gasteiger partial charge in [0.05, 0.1) is 17.6 Å². The monoisotopic (exact) mass is 569 g/mol. The SMILES string of the molecule is CC1(C)c2ccccc2-c2ccc(-c3cn4c(-c5ccccc5)cnc4c(-c4ccc5c(c4)sc4ccccc45)n3)cc21. The summed E-state index contributed by atoms with van der Waals surface area (Å²) in [6, 6.07) is 41.5. The number of nitrogens with zero attached hydrogens (tertiary/aromatic N) is 3. The zero-order valence-electron chi connectivity index (χ0n) is 23.9. The van der Waals surface area contributed by atoms with E-state index in [1.165, 1.54) is 42.4 Å².